The quantitative estimate of drug-likeness (QED) is 0.846. The number of nitrogens with zero attached hydrogens (tertiary/aromatic N) is 3. The first kappa shape index (κ1) is 15.3. The Morgan fingerprint density at radius 2 is 1.80 bits per heavy atom. The Labute approximate surface area is 122 Å². The molecule has 20 heavy (non-hydrogen) atoms. The van der Waals surface area contributed by atoms with Crippen LogP contribution in [0.4, 0.5) is 5.69 Å². The predicted octanol–water partition coefficient (Wildman–Crippen LogP) is 2.66. The van der Waals surface area contributed by atoms with Crippen LogP contribution >= 0.6 is 0 Å². The first-order valence-corrected chi connectivity index (χ1v) is 7.49. The molecule has 0 bridgehead atoms. The molecule has 0 radical (unpaired) electrons. The Hall–Kier alpha value is -1.13. The van der Waals surface area contributed by atoms with Gasteiger partial charge in [-0.25, -0.2) is 0 Å². The van der Waals surface area contributed by atoms with Crippen LogP contribution in [0.2, 0.25) is 0 Å². The Morgan fingerprint density at radius 3 is 2.35 bits per heavy atom. The van der Waals surface area contributed by atoms with Crippen molar-refractivity contribution in [2.75, 3.05) is 45.2 Å². The van der Waals surface area contributed by atoms with Crippen molar-refractivity contribution in [1.82, 2.24) is 9.88 Å². The maximum Gasteiger partial charge on any atom is 0.0965 e. The van der Waals surface area contributed by atoms with E-state index in [4.69, 9.17) is 4.74 Å². The van der Waals surface area contributed by atoms with Crippen LogP contribution in [0.3, 0.4) is 0 Å². The topological polar surface area (TPSA) is 28.6 Å². The molecular weight excluding hydrogens is 250 g/mol. The van der Waals surface area contributed by atoms with Gasteiger partial charge in [0.25, 0.3) is 0 Å². The number of piperazine rings is 1. The molecule has 1 aromatic heterocycles. The summed E-state index contributed by atoms with van der Waals surface area (Å²) in [6, 6.07) is 2.30. The zero-order valence-electron chi connectivity index (χ0n) is 13.4. The van der Waals surface area contributed by atoms with Crippen LogP contribution in [-0.2, 0) is 4.74 Å². The van der Waals surface area contributed by atoms with Crippen molar-refractivity contribution in [3.63, 3.8) is 0 Å². The van der Waals surface area contributed by atoms with Crippen molar-refractivity contribution >= 4 is 5.69 Å². The van der Waals surface area contributed by atoms with E-state index in [2.05, 4.69) is 48.7 Å². The number of methoxy groups -OCH3 is 1. The molecular formula is C16H27N3O. The average Bonchev–Trinajstić information content (AvgIpc) is 2.46. The van der Waals surface area contributed by atoms with Gasteiger partial charge in [0.05, 0.1) is 23.7 Å². The SMILES string of the molecule is COC(C)c1ncc(N2CCN(C)CC2)cc1C(C)C. The van der Waals surface area contributed by atoms with Crippen LogP contribution < -0.4 is 4.90 Å². The summed E-state index contributed by atoms with van der Waals surface area (Å²) in [6.45, 7) is 10.9. The van der Waals surface area contributed by atoms with E-state index in [-0.39, 0.29) is 6.10 Å². The lowest BCUT2D eigenvalue weighted by molar-refractivity contribution is 0.115. The van der Waals surface area contributed by atoms with E-state index in [1.807, 2.05) is 6.20 Å². The fraction of sp³-hybridized carbons (Fsp3) is 0.688. The largest absolute Gasteiger partial charge is 0.375 e. The molecule has 1 aliphatic heterocycles. The summed E-state index contributed by atoms with van der Waals surface area (Å²) in [4.78, 5) is 9.48. The highest BCUT2D eigenvalue weighted by atomic mass is 16.5. The molecule has 0 aliphatic carbocycles. The van der Waals surface area contributed by atoms with Gasteiger partial charge in [0.2, 0.25) is 0 Å². The second kappa shape index (κ2) is 6.55. The molecule has 1 atom stereocenters. The maximum absolute atomic E-state index is 5.44. The van der Waals surface area contributed by atoms with Gasteiger partial charge in [-0.2, -0.15) is 0 Å². The summed E-state index contributed by atoms with van der Waals surface area (Å²) in [5.74, 6) is 0.461. The van der Waals surface area contributed by atoms with Gasteiger partial charge in [0.1, 0.15) is 0 Å². The number of rotatable bonds is 4. The second-order valence-electron chi connectivity index (χ2n) is 5.99. The monoisotopic (exact) mass is 277 g/mol. The summed E-state index contributed by atoms with van der Waals surface area (Å²) in [5.41, 5.74) is 3.62. The molecule has 0 N–H and O–H groups in total. The number of aromatic nitrogens is 1. The number of hydrogen-bond acceptors (Lipinski definition) is 4. The van der Waals surface area contributed by atoms with Gasteiger partial charge in [-0.15, -0.1) is 0 Å². The number of hydrogen-bond donors (Lipinski definition) is 0. The van der Waals surface area contributed by atoms with E-state index < -0.39 is 0 Å². The number of pyridine rings is 1. The first-order chi connectivity index (χ1) is 9.52. The zero-order chi connectivity index (χ0) is 14.7. The number of likely N-dealkylation sites (N-methyl/N-ethyl adjacent to an activating group) is 1. The molecule has 0 aromatic carbocycles. The van der Waals surface area contributed by atoms with E-state index in [9.17, 15) is 0 Å². The summed E-state index contributed by atoms with van der Waals surface area (Å²) in [5, 5.41) is 0. The lowest BCUT2D eigenvalue weighted by atomic mass is 9.98. The summed E-state index contributed by atoms with van der Waals surface area (Å²) >= 11 is 0. The van der Waals surface area contributed by atoms with Crippen LogP contribution in [0.5, 0.6) is 0 Å². The molecule has 1 aromatic rings. The standard InChI is InChI=1S/C16H27N3O/c1-12(2)15-10-14(11-17-16(15)13(3)20-5)19-8-6-18(4)7-9-19/h10-13H,6-9H2,1-5H3. The van der Waals surface area contributed by atoms with Crippen LogP contribution in [0.1, 0.15) is 44.1 Å². The van der Waals surface area contributed by atoms with Gasteiger partial charge in [0.15, 0.2) is 0 Å². The van der Waals surface area contributed by atoms with Crippen molar-refractivity contribution < 1.29 is 4.74 Å². The third-order valence-corrected chi connectivity index (χ3v) is 4.16. The molecule has 0 amide bonds. The van der Waals surface area contributed by atoms with Gasteiger partial charge in [-0.3, -0.25) is 4.98 Å². The van der Waals surface area contributed by atoms with E-state index in [1.165, 1.54) is 11.3 Å². The highest BCUT2D eigenvalue weighted by Crippen LogP contribution is 2.29. The van der Waals surface area contributed by atoms with Gasteiger partial charge in [-0.1, -0.05) is 13.8 Å². The minimum Gasteiger partial charge on any atom is -0.375 e. The molecule has 0 spiro atoms. The van der Waals surface area contributed by atoms with E-state index in [0.29, 0.717) is 5.92 Å². The van der Waals surface area contributed by atoms with Crippen molar-refractivity contribution in [2.45, 2.75) is 32.8 Å². The summed E-state index contributed by atoms with van der Waals surface area (Å²) in [7, 11) is 3.92. The fourth-order valence-corrected chi connectivity index (χ4v) is 2.63. The summed E-state index contributed by atoms with van der Waals surface area (Å²) in [6.07, 6.45) is 2.05. The van der Waals surface area contributed by atoms with Gasteiger partial charge >= 0.3 is 0 Å². The first-order valence-electron chi connectivity index (χ1n) is 7.49. The van der Waals surface area contributed by atoms with E-state index in [0.717, 1.165) is 31.9 Å². The molecule has 4 nitrogen and oxygen atoms in total. The molecule has 1 unspecified atom stereocenters. The Kier molecular flexibility index (Phi) is 5.00. The molecule has 112 valence electrons. The Morgan fingerprint density at radius 1 is 1.15 bits per heavy atom. The lowest BCUT2D eigenvalue weighted by Gasteiger charge is -2.34. The smallest absolute Gasteiger partial charge is 0.0965 e. The van der Waals surface area contributed by atoms with Gasteiger partial charge in [0, 0.05) is 33.3 Å². The molecule has 4 heteroatoms. The molecule has 0 saturated carbocycles. The highest BCUT2D eigenvalue weighted by molar-refractivity contribution is 5.49. The number of ether oxygens (including phenoxy) is 1. The van der Waals surface area contributed by atoms with Crippen molar-refractivity contribution in [1.29, 1.82) is 0 Å². The van der Waals surface area contributed by atoms with Crippen molar-refractivity contribution in [3.05, 3.63) is 23.5 Å². The fourth-order valence-electron chi connectivity index (χ4n) is 2.63. The molecule has 1 fully saturated rings. The summed E-state index contributed by atoms with van der Waals surface area (Å²) < 4.78 is 5.44. The molecule has 1 aliphatic rings. The van der Waals surface area contributed by atoms with Crippen molar-refractivity contribution in [3.8, 4) is 0 Å². The molecule has 2 heterocycles. The minimum absolute atomic E-state index is 0.0499. The second-order valence-corrected chi connectivity index (χ2v) is 5.99. The molecule has 2 rings (SSSR count). The third kappa shape index (κ3) is 3.30. The van der Waals surface area contributed by atoms with Crippen LogP contribution in [0.25, 0.3) is 0 Å². The van der Waals surface area contributed by atoms with Gasteiger partial charge in [-0.05, 0) is 31.5 Å². The van der Waals surface area contributed by atoms with Crippen LogP contribution in [-0.4, -0.2) is 50.2 Å². The molecule has 1 saturated heterocycles. The lowest BCUT2D eigenvalue weighted by Crippen LogP contribution is -2.44. The predicted molar refractivity (Wildman–Crippen MR) is 83.5 cm³/mol. The van der Waals surface area contributed by atoms with Crippen molar-refractivity contribution in [2.24, 2.45) is 0 Å². The average molecular weight is 277 g/mol. The minimum atomic E-state index is 0.0499. The van der Waals surface area contributed by atoms with E-state index >= 15 is 0 Å². The Balaban J connectivity index is 2.25. The number of anilines is 1. The zero-order valence-corrected chi connectivity index (χ0v) is 13.4. The van der Waals surface area contributed by atoms with Crippen LogP contribution in [0.15, 0.2) is 12.3 Å². The maximum atomic E-state index is 5.44. The normalized spacial score (nSPS) is 18.6. The third-order valence-electron chi connectivity index (χ3n) is 4.16. The van der Waals surface area contributed by atoms with Gasteiger partial charge < -0.3 is 14.5 Å². The highest BCUT2D eigenvalue weighted by Gasteiger charge is 2.19. The van der Waals surface area contributed by atoms with Crippen LogP contribution in [0, 0.1) is 0 Å². The Bertz CT molecular complexity index is 439. The van der Waals surface area contributed by atoms with E-state index in [1.54, 1.807) is 7.11 Å².